The van der Waals surface area contributed by atoms with Gasteiger partial charge in [0.1, 0.15) is 11.4 Å². The van der Waals surface area contributed by atoms with Crippen molar-refractivity contribution in [2.45, 2.75) is 19.6 Å². The van der Waals surface area contributed by atoms with Crippen LogP contribution < -0.4 is 15.8 Å². The van der Waals surface area contributed by atoms with Gasteiger partial charge in [0, 0.05) is 29.6 Å². The summed E-state index contributed by atoms with van der Waals surface area (Å²) in [7, 11) is 1.31. The molecule has 182 valence electrons. The Morgan fingerprint density at radius 1 is 1.23 bits per heavy atom. The fraction of sp³-hybridized carbons (Fsp3) is 0.182. The summed E-state index contributed by atoms with van der Waals surface area (Å²) in [6, 6.07) is 6.01. The van der Waals surface area contributed by atoms with Crippen LogP contribution in [0.4, 0.5) is 23.5 Å². The van der Waals surface area contributed by atoms with E-state index in [-0.39, 0.29) is 17.4 Å². The molecule has 1 amide bonds. The van der Waals surface area contributed by atoms with Crippen LogP contribution >= 0.6 is 11.6 Å². The number of benzene rings is 1. The molecule has 35 heavy (non-hydrogen) atoms. The van der Waals surface area contributed by atoms with E-state index in [0.717, 1.165) is 0 Å². The minimum absolute atomic E-state index is 0.00700. The number of methoxy groups -OCH3 is 1. The van der Waals surface area contributed by atoms with E-state index in [2.05, 4.69) is 20.4 Å². The number of nitrogens with two attached hydrogens (primary N) is 1. The van der Waals surface area contributed by atoms with Gasteiger partial charge in [-0.3, -0.25) is 4.79 Å². The number of fused-ring (bicyclic) bond motifs is 1. The smallest absolute Gasteiger partial charge is 0.416 e. The lowest BCUT2D eigenvalue weighted by Gasteiger charge is -2.14. The quantitative estimate of drug-likeness (QED) is 0.386. The van der Waals surface area contributed by atoms with Gasteiger partial charge in [-0.1, -0.05) is 11.6 Å². The van der Waals surface area contributed by atoms with E-state index in [4.69, 9.17) is 22.1 Å². The zero-order valence-electron chi connectivity index (χ0n) is 18.2. The van der Waals surface area contributed by atoms with Crippen LogP contribution in [-0.4, -0.2) is 32.6 Å². The first-order valence-corrected chi connectivity index (χ1v) is 10.4. The third-order valence-corrected chi connectivity index (χ3v) is 5.43. The van der Waals surface area contributed by atoms with Crippen LogP contribution in [0, 0.1) is 12.7 Å². The Morgan fingerprint density at radius 2 is 1.97 bits per heavy atom. The van der Waals surface area contributed by atoms with Crippen LogP contribution in [-0.2, 0) is 12.7 Å². The second kappa shape index (κ2) is 9.02. The molecular formula is C22H17ClF4N6O2. The lowest BCUT2D eigenvalue weighted by atomic mass is 10.0. The topological polar surface area (TPSA) is 107 Å². The number of aryl methyl sites for hydroxylation is 1. The molecule has 4 aromatic rings. The van der Waals surface area contributed by atoms with E-state index in [1.54, 1.807) is 25.3 Å². The van der Waals surface area contributed by atoms with Crippen molar-refractivity contribution in [2.24, 2.45) is 0 Å². The van der Waals surface area contributed by atoms with Gasteiger partial charge in [-0.25, -0.2) is 13.9 Å². The Morgan fingerprint density at radius 3 is 2.66 bits per heavy atom. The molecule has 0 radical (unpaired) electrons. The molecule has 3 N–H and O–H groups in total. The molecule has 0 unspecified atom stereocenters. The van der Waals surface area contributed by atoms with Gasteiger partial charge in [0.05, 0.1) is 17.7 Å². The number of aromatic nitrogens is 4. The maximum atomic E-state index is 14.3. The van der Waals surface area contributed by atoms with Crippen molar-refractivity contribution in [3.8, 4) is 17.0 Å². The van der Waals surface area contributed by atoms with Gasteiger partial charge >= 0.3 is 6.18 Å². The Hall–Kier alpha value is -3.93. The number of pyridine rings is 2. The number of nitrogens with zero attached hydrogens (tertiary/aromatic N) is 4. The number of halogens is 5. The second-order valence-electron chi connectivity index (χ2n) is 7.48. The standard InChI is InChI=1S/C22H17ClF4N6O2/c1-10-14(11-3-4-33-17(6-11)31-21(28)32-33)8-15(20(30-10)35-2)19(34)29-9-12-5-13(22(25,26)27)7-16(23)18(12)24/h3-8H,9H2,1-2H3,(H2,28,32)(H,29,34). The van der Waals surface area contributed by atoms with E-state index in [1.165, 1.54) is 17.7 Å². The molecule has 0 atom stereocenters. The van der Waals surface area contributed by atoms with E-state index >= 15 is 0 Å². The Labute approximate surface area is 200 Å². The highest BCUT2D eigenvalue weighted by atomic mass is 35.5. The van der Waals surface area contributed by atoms with Gasteiger partial charge < -0.3 is 15.8 Å². The number of rotatable bonds is 5. The van der Waals surface area contributed by atoms with Crippen molar-refractivity contribution in [3.05, 3.63) is 69.8 Å². The summed E-state index contributed by atoms with van der Waals surface area (Å²) in [4.78, 5) is 21.3. The number of alkyl halides is 3. The number of anilines is 1. The van der Waals surface area contributed by atoms with Crippen LogP contribution in [0.3, 0.4) is 0 Å². The molecule has 4 rings (SSSR count). The number of nitrogens with one attached hydrogen (secondary N) is 1. The summed E-state index contributed by atoms with van der Waals surface area (Å²) in [5.74, 6) is -1.72. The first-order chi connectivity index (χ1) is 16.5. The SMILES string of the molecule is COc1nc(C)c(-c2ccn3nc(N)nc3c2)cc1C(=O)NCc1cc(C(F)(F)F)cc(Cl)c1F. The van der Waals surface area contributed by atoms with Gasteiger partial charge in [-0.05, 0) is 42.8 Å². The number of amides is 1. The molecule has 1 aromatic carbocycles. The van der Waals surface area contributed by atoms with E-state index < -0.39 is 40.6 Å². The van der Waals surface area contributed by atoms with Gasteiger partial charge in [-0.15, -0.1) is 5.10 Å². The molecule has 3 heterocycles. The van der Waals surface area contributed by atoms with Crippen molar-refractivity contribution >= 4 is 29.1 Å². The van der Waals surface area contributed by atoms with Gasteiger partial charge in [0.2, 0.25) is 11.8 Å². The lowest BCUT2D eigenvalue weighted by molar-refractivity contribution is -0.137. The van der Waals surface area contributed by atoms with E-state index in [0.29, 0.717) is 34.6 Å². The molecule has 0 spiro atoms. The monoisotopic (exact) mass is 508 g/mol. The molecule has 0 saturated carbocycles. The fourth-order valence-electron chi connectivity index (χ4n) is 3.47. The van der Waals surface area contributed by atoms with E-state index in [9.17, 15) is 22.4 Å². The number of ether oxygens (including phenoxy) is 1. The zero-order valence-corrected chi connectivity index (χ0v) is 19.0. The van der Waals surface area contributed by atoms with Gasteiger partial charge in [-0.2, -0.15) is 18.2 Å². The average Bonchev–Trinajstić information content (AvgIpc) is 3.17. The second-order valence-corrected chi connectivity index (χ2v) is 7.89. The maximum Gasteiger partial charge on any atom is 0.416 e. The van der Waals surface area contributed by atoms with E-state index in [1.807, 2.05) is 0 Å². The van der Waals surface area contributed by atoms with Crippen LogP contribution in [0.15, 0.2) is 36.5 Å². The number of nitrogen functional groups attached to an aromatic ring is 1. The minimum atomic E-state index is -4.73. The first-order valence-electron chi connectivity index (χ1n) is 9.99. The Kier molecular flexibility index (Phi) is 6.24. The summed E-state index contributed by atoms with van der Waals surface area (Å²) < 4.78 is 60.2. The molecule has 0 saturated heterocycles. The highest BCUT2D eigenvalue weighted by Gasteiger charge is 2.32. The highest BCUT2D eigenvalue weighted by Crippen LogP contribution is 2.34. The van der Waals surface area contributed by atoms with Crippen LogP contribution in [0.2, 0.25) is 5.02 Å². The number of hydrogen-bond donors (Lipinski definition) is 2. The molecule has 0 aliphatic carbocycles. The van der Waals surface area contributed by atoms with Crippen LogP contribution in [0.5, 0.6) is 5.88 Å². The van der Waals surface area contributed by atoms with Crippen molar-refractivity contribution < 1.29 is 27.1 Å². The van der Waals surface area contributed by atoms with Crippen molar-refractivity contribution in [3.63, 3.8) is 0 Å². The number of carbonyl (C=O) groups excluding carboxylic acids is 1. The predicted molar refractivity (Wildman–Crippen MR) is 120 cm³/mol. The van der Waals surface area contributed by atoms with Crippen LogP contribution in [0.1, 0.15) is 27.2 Å². The Balaban J connectivity index is 1.66. The molecule has 0 bridgehead atoms. The fourth-order valence-corrected chi connectivity index (χ4v) is 3.71. The summed E-state index contributed by atoms with van der Waals surface area (Å²) in [6.45, 7) is 1.16. The zero-order chi connectivity index (χ0) is 25.5. The molecule has 0 fully saturated rings. The number of carbonyl (C=O) groups is 1. The van der Waals surface area contributed by atoms with Crippen LogP contribution in [0.25, 0.3) is 16.8 Å². The molecule has 8 nitrogen and oxygen atoms in total. The Bertz CT molecular complexity index is 1450. The summed E-state index contributed by atoms with van der Waals surface area (Å²) in [6.07, 6.45) is -3.09. The van der Waals surface area contributed by atoms with Gasteiger partial charge in [0.15, 0.2) is 5.65 Å². The summed E-state index contributed by atoms with van der Waals surface area (Å²) >= 11 is 5.62. The predicted octanol–water partition coefficient (Wildman–Crippen LogP) is 4.43. The molecule has 0 aliphatic heterocycles. The van der Waals surface area contributed by atoms with Crippen molar-refractivity contribution in [2.75, 3.05) is 12.8 Å². The number of hydrogen-bond acceptors (Lipinski definition) is 6. The van der Waals surface area contributed by atoms with Gasteiger partial charge in [0.25, 0.3) is 5.91 Å². The molecule has 0 aliphatic rings. The normalized spacial score (nSPS) is 11.6. The van der Waals surface area contributed by atoms with Crippen molar-refractivity contribution in [1.29, 1.82) is 0 Å². The molecule has 13 heteroatoms. The first kappa shape index (κ1) is 24.2. The third-order valence-electron chi connectivity index (χ3n) is 5.15. The molecule has 3 aromatic heterocycles. The average molecular weight is 509 g/mol. The lowest BCUT2D eigenvalue weighted by Crippen LogP contribution is -2.25. The molecular weight excluding hydrogens is 492 g/mol. The third kappa shape index (κ3) is 4.83. The minimum Gasteiger partial charge on any atom is -0.480 e. The highest BCUT2D eigenvalue weighted by molar-refractivity contribution is 6.30. The van der Waals surface area contributed by atoms with Crippen molar-refractivity contribution in [1.82, 2.24) is 24.9 Å². The summed E-state index contributed by atoms with van der Waals surface area (Å²) in [5, 5.41) is 5.70. The summed E-state index contributed by atoms with van der Waals surface area (Å²) in [5.41, 5.74) is 6.28. The maximum absolute atomic E-state index is 14.3. The largest absolute Gasteiger partial charge is 0.480 e.